The Morgan fingerprint density at radius 2 is 1.73 bits per heavy atom. The maximum Gasteiger partial charge on any atom is 0.229 e. The number of anilines is 4. The number of aryl methyl sites for hydroxylation is 3. The van der Waals surface area contributed by atoms with E-state index in [-0.39, 0.29) is 0 Å². The quantitative estimate of drug-likeness (QED) is 0.497. The summed E-state index contributed by atoms with van der Waals surface area (Å²) in [5.74, 6) is 1.29. The van der Waals surface area contributed by atoms with E-state index >= 15 is 0 Å². The number of hydrogen-bond acceptors (Lipinski definition) is 5. The molecule has 0 saturated carbocycles. The molecule has 130 valence electrons. The standard InChI is InChI=1S/C20H20N6/c1-12-8-13(2)19(14(3)9-12)24-18-6-7-21-20(25-18)23-16-5-4-15-11-22-26-17(15)10-16/h4-11H,1-3H3,(H,22,26)(H2,21,23,24,25). The van der Waals surface area contributed by atoms with Gasteiger partial charge in [0.1, 0.15) is 5.82 Å². The number of aromatic amines is 1. The summed E-state index contributed by atoms with van der Waals surface area (Å²) in [6.07, 6.45) is 3.54. The highest BCUT2D eigenvalue weighted by molar-refractivity contribution is 5.82. The molecule has 0 radical (unpaired) electrons. The Hall–Kier alpha value is -3.41. The van der Waals surface area contributed by atoms with E-state index in [9.17, 15) is 0 Å². The molecular formula is C20H20N6. The first kappa shape index (κ1) is 16.1. The lowest BCUT2D eigenvalue weighted by Crippen LogP contribution is -2.02. The van der Waals surface area contributed by atoms with Gasteiger partial charge in [0, 0.05) is 23.0 Å². The van der Waals surface area contributed by atoms with E-state index < -0.39 is 0 Å². The van der Waals surface area contributed by atoms with Crippen LogP contribution in [0.15, 0.2) is 48.8 Å². The number of benzene rings is 2. The average molecular weight is 344 g/mol. The smallest absolute Gasteiger partial charge is 0.229 e. The molecule has 2 heterocycles. The molecule has 0 amide bonds. The molecule has 4 aromatic rings. The van der Waals surface area contributed by atoms with Crippen molar-refractivity contribution in [3.8, 4) is 0 Å². The van der Waals surface area contributed by atoms with Crippen LogP contribution >= 0.6 is 0 Å². The molecule has 0 unspecified atom stereocenters. The lowest BCUT2D eigenvalue weighted by Gasteiger charge is -2.14. The maximum absolute atomic E-state index is 4.58. The normalized spacial score (nSPS) is 10.9. The predicted molar refractivity (Wildman–Crippen MR) is 105 cm³/mol. The SMILES string of the molecule is Cc1cc(C)c(Nc2ccnc(Nc3ccc4cn[nH]c4c3)n2)c(C)c1. The van der Waals surface area contributed by atoms with Gasteiger partial charge < -0.3 is 10.6 Å². The molecule has 2 aromatic carbocycles. The van der Waals surface area contributed by atoms with Crippen LogP contribution in [0.2, 0.25) is 0 Å². The summed E-state index contributed by atoms with van der Waals surface area (Å²) < 4.78 is 0. The molecule has 0 aliphatic rings. The molecule has 2 aromatic heterocycles. The number of nitrogens with zero attached hydrogens (tertiary/aromatic N) is 3. The Morgan fingerprint density at radius 1 is 0.923 bits per heavy atom. The monoisotopic (exact) mass is 344 g/mol. The van der Waals surface area contributed by atoms with Crippen LogP contribution in [0.4, 0.5) is 23.1 Å². The number of H-pyrrole nitrogens is 1. The van der Waals surface area contributed by atoms with E-state index in [4.69, 9.17) is 0 Å². The van der Waals surface area contributed by atoms with Crippen molar-refractivity contribution in [1.82, 2.24) is 20.2 Å². The van der Waals surface area contributed by atoms with Gasteiger partial charge in [-0.25, -0.2) is 4.98 Å². The van der Waals surface area contributed by atoms with Crippen LogP contribution in [-0.2, 0) is 0 Å². The Bertz CT molecular complexity index is 1060. The van der Waals surface area contributed by atoms with Gasteiger partial charge in [-0.2, -0.15) is 10.1 Å². The van der Waals surface area contributed by atoms with Crippen molar-refractivity contribution in [2.24, 2.45) is 0 Å². The zero-order valence-corrected chi connectivity index (χ0v) is 15.0. The van der Waals surface area contributed by atoms with Crippen molar-refractivity contribution >= 4 is 34.0 Å². The third-order valence-electron chi connectivity index (χ3n) is 4.28. The first-order valence-electron chi connectivity index (χ1n) is 8.46. The number of rotatable bonds is 4. The van der Waals surface area contributed by atoms with Gasteiger partial charge in [0.25, 0.3) is 0 Å². The molecule has 0 aliphatic carbocycles. The molecule has 0 atom stereocenters. The lowest BCUT2D eigenvalue weighted by molar-refractivity contribution is 1.12. The van der Waals surface area contributed by atoms with Gasteiger partial charge >= 0.3 is 0 Å². The number of hydrogen-bond donors (Lipinski definition) is 3. The Kier molecular flexibility index (Phi) is 4.01. The molecular weight excluding hydrogens is 324 g/mol. The summed E-state index contributed by atoms with van der Waals surface area (Å²) in [7, 11) is 0. The fourth-order valence-electron chi connectivity index (χ4n) is 3.14. The van der Waals surface area contributed by atoms with Gasteiger partial charge in [-0.3, -0.25) is 5.10 Å². The molecule has 0 aliphatic heterocycles. The van der Waals surface area contributed by atoms with E-state index in [1.807, 2.05) is 24.3 Å². The summed E-state index contributed by atoms with van der Waals surface area (Å²) in [5, 5.41) is 14.7. The van der Waals surface area contributed by atoms with Crippen molar-refractivity contribution in [3.05, 3.63) is 65.5 Å². The van der Waals surface area contributed by atoms with E-state index in [2.05, 4.69) is 63.7 Å². The molecule has 0 saturated heterocycles. The third kappa shape index (κ3) is 3.21. The maximum atomic E-state index is 4.58. The van der Waals surface area contributed by atoms with Crippen molar-refractivity contribution in [1.29, 1.82) is 0 Å². The van der Waals surface area contributed by atoms with Crippen molar-refractivity contribution < 1.29 is 0 Å². The fraction of sp³-hybridized carbons (Fsp3) is 0.150. The van der Waals surface area contributed by atoms with Crippen molar-refractivity contribution in [2.75, 3.05) is 10.6 Å². The molecule has 6 nitrogen and oxygen atoms in total. The summed E-state index contributed by atoms with van der Waals surface area (Å²) >= 11 is 0. The zero-order valence-electron chi connectivity index (χ0n) is 15.0. The minimum atomic E-state index is 0.538. The van der Waals surface area contributed by atoms with Gasteiger partial charge in [0.2, 0.25) is 5.95 Å². The third-order valence-corrected chi connectivity index (χ3v) is 4.28. The second kappa shape index (κ2) is 6.48. The fourth-order valence-corrected chi connectivity index (χ4v) is 3.14. The summed E-state index contributed by atoms with van der Waals surface area (Å²) in [4.78, 5) is 8.89. The largest absolute Gasteiger partial charge is 0.340 e. The van der Waals surface area contributed by atoms with Crippen LogP contribution in [0.1, 0.15) is 16.7 Å². The molecule has 4 rings (SSSR count). The molecule has 0 spiro atoms. The van der Waals surface area contributed by atoms with E-state index in [0.29, 0.717) is 5.95 Å². The zero-order chi connectivity index (χ0) is 18.1. The average Bonchev–Trinajstić information content (AvgIpc) is 3.06. The van der Waals surface area contributed by atoms with Crippen LogP contribution in [0.25, 0.3) is 10.9 Å². The van der Waals surface area contributed by atoms with Crippen molar-refractivity contribution in [2.45, 2.75) is 20.8 Å². The summed E-state index contributed by atoms with van der Waals surface area (Å²) in [6, 6.07) is 12.2. The van der Waals surface area contributed by atoms with Gasteiger partial charge in [-0.15, -0.1) is 0 Å². The Labute approximate surface area is 151 Å². The van der Waals surface area contributed by atoms with Gasteiger partial charge in [0.05, 0.1) is 11.7 Å². The number of nitrogens with one attached hydrogen (secondary N) is 3. The van der Waals surface area contributed by atoms with E-state index in [1.165, 1.54) is 16.7 Å². The topological polar surface area (TPSA) is 78.5 Å². The van der Waals surface area contributed by atoms with Crippen LogP contribution < -0.4 is 10.6 Å². The minimum Gasteiger partial charge on any atom is -0.340 e. The van der Waals surface area contributed by atoms with E-state index in [1.54, 1.807) is 12.4 Å². The molecule has 0 fully saturated rings. The highest BCUT2D eigenvalue weighted by Gasteiger charge is 2.07. The molecule has 26 heavy (non-hydrogen) atoms. The number of aromatic nitrogens is 4. The van der Waals surface area contributed by atoms with Gasteiger partial charge in [-0.05, 0) is 56.2 Å². The Balaban J connectivity index is 1.58. The Morgan fingerprint density at radius 3 is 2.54 bits per heavy atom. The first-order valence-corrected chi connectivity index (χ1v) is 8.46. The van der Waals surface area contributed by atoms with Crippen LogP contribution in [0.3, 0.4) is 0 Å². The predicted octanol–water partition coefficient (Wildman–Crippen LogP) is 4.77. The minimum absolute atomic E-state index is 0.538. The summed E-state index contributed by atoms with van der Waals surface area (Å²) in [5.41, 5.74) is 6.60. The van der Waals surface area contributed by atoms with E-state index in [0.717, 1.165) is 28.1 Å². The van der Waals surface area contributed by atoms with Crippen LogP contribution in [0.5, 0.6) is 0 Å². The lowest BCUT2D eigenvalue weighted by atomic mass is 10.1. The van der Waals surface area contributed by atoms with Crippen molar-refractivity contribution in [3.63, 3.8) is 0 Å². The second-order valence-corrected chi connectivity index (χ2v) is 6.46. The number of fused-ring (bicyclic) bond motifs is 1. The second-order valence-electron chi connectivity index (χ2n) is 6.46. The van der Waals surface area contributed by atoms with Crippen LogP contribution in [0, 0.1) is 20.8 Å². The first-order chi connectivity index (χ1) is 12.6. The highest BCUT2D eigenvalue weighted by atomic mass is 15.1. The molecule has 0 bridgehead atoms. The highest BCUT2D eigenvalue weighted by Crippen LogP contribution is 2.26. The van der Waals surface area contributed by atoms with Gasteiger partial charge in [-0.1, -0.05) is 17.7 Å². The summed E-state index contributed by atoms with van der Waals surface area (Å²) in [6.45, 7) is 6.30. The van der Waals surface area contributed by atoms with Crippen LogP contribution in [-0.4, -0.2) is 20.2 Å². The molecule has 6 heteroatoms. The molecule has 3 N–H and O–H groups in total. The van der Waals surface area contributed by atoms with Gasteiger partial charge in [0.15, 0.2) is 0 Å².